The molecule has 1 fully saturated rings. The lowest BCUT2D eigenvalue weighted by Gasteiger charge is -2.15. The summed E-state index contributed by atoms with van der Waals surface area (Å²) in [4.78, 5) is 14.5. The van der Waals surface area contributed by atoms with Gasteiger partial charge in [0.15, 0.2) is 4.32 Å². The molecule has 0 N–H and O–H groups in total. The molecule has 2 aromatic rings. The van der Waals surface area contributed by atoms with Crippen LogP contribution in [0.3, 0.4) is 0 Å². The number of benzene rings is 1. The van der Waals surface area contributed by atoms with Crippen LogP contribution in [0.1, 0.15) is 11.5 Å². The number of thioether (sulfide) groups is 1. The highest BCUT2D eigenvalue weighted by atomic mass is 35.5. The zero-order valence-electron chi connectivity index (χ0n) is 11.3. The van der Waals surface area contributed by atoms with Gasteiger partial charge >= 0.3 is 0 Å². The third-order valence-corrected chi connectivity index (χ3v) is 5.03. The number of hydrogen-bond acceptors (Lipinski definition) is 4. The van der Waals surface area contributed by atoms with Crippen LogP contribution in [0.15, 0.2) is 39.7 Å². The molecular weight excluding hydrogens is 361 g/mol. The van der Waals surface area contributed by atoms with Crippen molar-refractivity contribution in [1.82, 2.24) is 0 Å². The van der Waals surface area contributed by atoms with Crippen molar-refractivity contribution in [3.8, 4) is 0 Å². The minimum atomic E-state index is -0.206. The minimum absolute atomic E-state index is 0.206. The summed E-state index contributed by atoms with van der Waals surface area (Å²) in [7, 11) is 0. The lowest BCUT2D eigenvalue weighted by Crippen LogP contribution is -2.27. The van der Waals surface area contributed by atoms with E-state index >= 15 is 0 Å². The number of nitrogens with zero attached hydrogens (tertiary/aromatic N) is 1. The van der Waals surface area contributed by atoms with Crippen molar-refractivity contribution in [2.75, 3.05) is 4.90 Å². The Bertz CT molecular complexity index is 814. The molecule has 3 rings (SSSR count). The van der Waals surface area contributed by atoms with Crippen LogP contribution in [0, 0.1) is 6.92 Å². The van der Waals surface area contributed by atoms with E-state index in [1.54, 1.807) is 30.3 Å². The van der Waals surface area contributed by atoms with Gasteiger partial charge in [0.2, 0.25) is 0 Å². The van der Waals surface area contributed by atoms with Gasteiger partial charge in [-0.3, -0.25) is 9.69 Å². The predicted octanol–water partition coefficient (Wildman–Crippen LogP) is 5.30. The normalized spacial score (nSPS) is 16.9. The molecule has 0 saturated carbocycles. The van der Waals surface area contributed by atoms with Gasteiger partial charge in [-0.05, 0) is 37.3 Å². The molecule has 1 aliphatic heterocycles. The third-order valence-electron chi connectivity index (χ3n) is 2.99. The van der Waals surface area contributed by atoms with Crippen LogP contribution < -0.4 is 4.90 Å². The molecule has 0 unspecified atom stereocenters. The number of carbonyl (C=O) groups excluding carboxylic acids is 1. The second kappa shape index (κ2) is 6.08. The van der Waals surface area contributed by atoms with Gasteiger partial charge in [-0.1, -0.05) is 47.2 Å². The summed E-state index contributed by atoms with van der Waals surface area (Å²) in [5, 5.41) is 0.802. The largest absolute Gasteiger partial charge is 0.462 e. The molecule has 0 atom stereocenters. The van der Waals surface area contributed by atoms with Crippen molar-refractivity contribution in [1.29, 1.82) is 0 Å². The Balaban J connectivity index is 1.94. The van der Waals surface area contributed by atoms with Gasteiger partial charge in [0, 0.05) is 6.08 Å². The maximum Gasteiger partial charge on any atom is 0.270 e. The van der Waals surface area contributed by atoms with E-state index in [0.29, 0.717) is 30.7 Å². The van der Waals surface area contributed by atoms with Crippen LogP contribution >= 0.6 is 47.2 Å². The van der Waals surface area contributed by atoms with Crippen molar-refractivity contribution >= 4 is 69.2 Å². The fourth-order valence-electron chi connectivity index (χ4n) is 1.97. The van der Waals surface area contributed by atoms with E-state index in [4.69, 9.17) is 39.8 Å². The van der Waals surface area contributed by atoms with E-state index in [0.717, 1.165) is 5.76 Å². The van der Waals surface area contributed by atoms with Crippen molar-refractivity contribution in [3.05, 3.63) is 56.8 Å². The van der Waals surface area contributed by atoms with Crippen molar-refractivity contribution in [3.63, 3.8) is 0 Å². The first-order valence-electron chi connectivity index (χ1n) is 6.25. The molecule has 0 spiro atoms. The van der Waals surface area contributed by atoms with Gasteiger partial charge < -0.3 is 4.42 Å². The fourth-order valence-corrected chi connectivity index (χ4v) is 3.55. The lowest BCUT2D eigenvalue weighted by molar-refractivity contribution is -0.113. The third kappa shape index (κ3) is 2.94. The molecule has 1 aliphatic rings. The fraction of sp³-hybridized carbons (Fsp3) is 0.0667. The highest BCUT2D eigenvalue weighted by Crippen LogP contribution is 2.38. The van der Waals surface area contributed by atoms with Gasteiger partial charge in [-0.2, -0.15) is 0 Å². The second-order valence-electron chi connectivity index (χ2n) is 4.56. The topological polar surface area (TPSA) is 33.5 Å². The highest BCUT2D eigenvalue weighted by molar-refractivity contribution is 8.27. The Morgan fingerprint density at radius 2 is 2.00 bits per heavy atom. The van der Waals surface area contributed by atoms with E-state index in [2.05, 4.69) is 0 Å². The second-order valence-corrected chi connectivity index (χ2v) is 7.05. The quantitative estimate of drug-likeness (QED) is 0.531. The number of amides is 1. The number of carbonyl (C=O) groups is 1. The zero-order valence-corrected chi connectivity index (χ0v) is 14.4. The monoisotopic (exact) mass is 369 g/mol. The van der Waals surface area contributed by atoms with E-state index in [-0.39, 0.29) is 5.91 Å². The molecule has 7 heteroatoms. The predicted molar refractivity (Wildman–Crippen MR) is 95.6 cm³/mol. The van der Waals surface area contributed by atoms with Crippen LogP contribution in [0.25, 0.3) is 6.08 Å². The van der Waals surface area contributed by atoms with Gasteiger partial charge in [-0.25, -0.2) is 0 Å². The average Bonchev–Trinajstić information content (AvgIpc) is 2.98. The summed E-state index contributed by atoms with van der Waals surface area (Å²) < 4.78 is 5.91. The SMILES string of the molecule is Cc1ccc(C=C2SC(=S)N(c3ccc(Cl)c(Cl)c3)C2=O)o1. The Labute approximate surface area is 146 Å². The Hall–Kier alpha value is -1.27. The van der Waals surface area contributed by atoms with Crippen LogP contribution in [-0.4, -0.2) is 10.2 Å². The molecule has 0 bridgehead atoms. The van der Waals surface area contributed by atoms with Gasteiger partial charge in [0.1, 0.15) is 11.5 Å². The molecule has 0 aliphatic carbocycles. The minimum Gasteiger partial charge on any atom is -0.462 e. The maximum absolute atomic E-state index is 12.6. The Kier molecular flexibility index (Phi) is 4.32. The first-order valence-corrected chi connectivity index (χ1v) is 8.23. The number of aryl methyl sites for hydroxylation is 1. The van der Waals surface area contributed by atoms with Gasteiger partial charge in [-0.15, -0.1) is 0 Å². The molecule has 1 aromatic carbocycles. The van der Waals surface area contributed by atoms with E-state index in [1.165, 1.54) is 16.7 Å². The van der Waals surface area contributed by atoms with E-state index in [9.17, 15) is 4.79 Å². The molecule has 1 aromatic heterocycles. The van der Waals surface area contributed by atoms with Crippen LogP contribution in [-0.2, 0) is 4.79 Å². The number of furan rings is 1. The molecule has 112 valence electrons. The molecule has 1 amide bonds. The van der Waals surface area contributed by atoms with E-state index < -0.39 is 0 Å². The standard InChI is InChI=1S/C15H9Cl2NO2S2/c1-8-2-4-10(20-8)7-13-14(19)18(15(21)22-13)9-3-5-11(16)12(17)6-9/h2-7H,1H3. The summed E-state index contributed by atoms with van der Waals surface area (Å²) in [6.07, 6.45) is 1.68. The number of anilines is 1. The first kappa shape index (κ1) is 15.6. The van der Waals surface area contributed by atoms with Crippen LogP contribution in [0.5, 0.6) is 0 Å². The van der Waals surface area contributed by atoms with E-state index in [1.807, 2.05) is 13.0 Å². The van der Waals surface area contributed by atoms with Crippen molar-refractivity contribution in [2.24, 2.45) is 0 Å². The average molecular weight is 370 g/mol. The van der Waals surface area contributed by atoms with Crippen LogP contribution in [0.4, 0.5) is 5.69 Å². The summed E-state index contributed by atoms with van der Waals surface area (Å²) in [6, 6.07) is 8.61. The molecular formula is C15H9Cl2NO2S2. The summed E-state index contributed by atoms with van der Waals surface area (Å²) in [5.41, 5.74) is 0.593. The summed E-state index contributed by atoms with van der Waals surface area (Å²) in [5.74, 6) is 1.20. The van der Waals surface area contributed by atoms with Crippen molar-refractivity contribution < 1.29 is 9.21 Å². The zero-order chi connectivity index (χ0) is 15.9. The Morgan fingerprint density at radius 3 is 2.64 bits per heavy atom. The van der Waals surface area contributed by atoms with Gasteiger partial charge in [0.25, 0.3) is 5.91 Å². The van der Waals surface area contributed by atoms with Crippen molar-refractivity contribution in [2.45, 2.75) is 6.92 Å². The molecule has 22 heavy (non-hydrogen) atoms. The smallest absolute Gasteiger partial charge is 0.270 e. The lowest BCUT2D eigenvalue weighted by atomic mass is 10.3. The number of thiocarbonyl (C=S) groups is 1. The molecule has 0 radical (unpaired) electrons. The van der Waals surface area contributed by atoms with Crippen LogP contribution in [0.2, 0.25) is 10.0 Å². The molecule has 2 heterocycles. The number of hydrogen-bond donors (Lipinski definition) is 0. The Morgan fingerprint density at radius 1 is 1.23 bits per heavy atom. The molecule has 3 nitrogen and oxygen atoms in total. The number of rotatable bonds is 2. The highest BCUT2D eigenvalue weighted by Gasteiger charge is 2.33. The summed E-state index contributed by atoms with van der Waals surface area (Å²) in [6.45, 7) is 1.85. The first-order chi connectivity index (χ1) is 10.5. The van der Waals surface area contributed by atoms with Gasteiger partial charge in [0.05, 0.1) is 20.6 Å². The maximum atomic E-state index is 12.6. The number of halogens is 2. The molecule has 1 saturated heterocycles. The summed E-state index contributed by atoms with van der Waals surface area (Å²) >= 11 is 18.4.